The van der Waals surface area contributed by atoms with Crippen molar-refractivity contribution < 1.29 is 9.59 Å². The molecule has 0 bridgehead atoms. The molecule has 2 saturated carbocycles. The lowest BCUT2D eigenvalue weighted by Crippen LogP contribution is -2.46. The Hall–Kier alpha value is -1.84. The number of piperidine rings is 1. The standard InChI is InChI=1S/C20H26N2O2/c23-19(17-7-4-12-22(13-17)20(24)16-10-11-16)21-18(15-8-9-15)14-5-2-1-3-6-14/h1-3,5-6,15-18H,4,7-13H2,(H,21,23)/t17-,18+/m0/s1. The summed E-state index contributed by atoms with van der Waals surface area (Å²) in [5.41, 5.74) is 1.20. The van der Waals surface area contributed by atoms with Crippen molar-refractivity contribution in [2.45, 2.75) is 44.6 Å². The normalized spacial score (nSPS) is 25.2. The number of rotatable bonds is 5. The van der Waals surface area contributed by atoms with E-state index in [1.165, 1.54) is 18.4 Å². The minimum Gasteiger partial charge on any atom is -0.349 e. The first-order chi connectivity index (χ1) is 11.7. The highest BCUT2D eigenvalue weighted by atomic mass is 16.2. The van der Waals surface area contributed by atoms with Gasteiger partial charge in [-0.05, 0) is 50.0 Å². The van der Waals surface area contributed by atoms with Gasteiger partial charge in [0.25, 0.3) is 0 Å². The fourth-order valence-electron chi connectivity index (χ4n) is 3.81. The van der Waals surface area contributed by atoms with Gasteiger partial charge >= 0.3 is 0 Å². The van der Waals surface area contributed by atoms with E-state index in [2.05, 4.69) is 17.4 Å². The molecule has 4 nitrogen and oxygen atoms in total. The summed E-state index contributed by atoms with van der Waals surface area (Å²) in [4.78, 5) is 27.0. The third kappa shape index (κ3) is 3.47. The van der Waals surface area contributed by atoms with Crippen LogP contribution in [0, 0.1) is 17.8 Å². The van der Waals surface area contributed by atoms with Gasteiger partial charge in [-0.25, -0.2) is 0 Å². The highest BCUT2D eigenvalue weighted by Crippen LogP contribution is 2.41. The van der Waals surface area contributed by atoms with Crippen molar-refractivity contribution in [3.63, 3.8) is 0 Å². The van der Waals surface area contributed by atoms with E-state index in [4.69, 9.17) is 0 Å². The van der Waals surface area contributed by atoms with Crippen LogP contribution in [0.1, 0.15) is 50.1 Å². The number of nitrogens with zero attached hydrogens (tertiary/aromatic N) is 1. The van der Waals surface area contributed by atoms with Crippen molar-refractivity contribution >= 4 is 11.8 Å². The van der Waals surface area contributed by atoms with Crippen LogP contribution in [0.2, 0.25) is 0 Å². The third-order valence-corrected chi connectivity index (χ3v) is 5.58. The predicted molar refractivity (Wildman–Crippen MR) is 92.1 cm³/mol. The summed E-state index contributed by atoms with van der Waals surface area (Å²) in [7, 11) is 0. The quantitative estimate of drug-likeness (QED) is 0.904. The lowest BCUT2D eigenvalue weighted by molar-refractivity contribution is -0.137. The van der Waals surface area contributed by atoms with Crippen molar-refractivity contribution in [2.75, 3.05) is 13.1 Å². The summed E-state index contributed by atoms with van der Waals surface area (Å²) in [6, 6.07) is 10.4. The Morgan fingerprint density at radius 3 is 2.42 bits per heavy atom. The molecule has 0 aromatic heterocycles. The summed E-state index contributed by atoms with van der Waals surface area (Å²) in [6.45, 7) is 1.43. The molecular weight excluding hydrogens is 300 g/mol. The van der Waals surface area contributed by atoms with Gasteiger partial charge in [0.15, 0.2) is 0 Å². The molecule has 4 rings (SSSR count). The topological polar surface area (TPSA) is 49.4 Å². The second-order valence-electron chi connectivity index (χ2n) is 7.63. The molecule has 1 aliphatic heterocycles. The molecule has 1 aromatic carbocycles. The van der Waals surface area contributed by atoms with E-state index >= 15 is 0 Å². The Morgan fingerprint density at radius 2 is 1.75 bits per heavy atom. The van der Waals surface area contributed by atoms with E-state index in [1.807, 2.05) is 23.1 Å². The first-order valence-electron chi connectivity index (χ1n) is 9.36. The predicted octanol–water partition coefficient (Wildman–Crippen LogP) is 2.90. The second-order valence-corrected chi connectivity index (χ2v) is 7.63. The summed E-state index contributed by atoms with van der Waals surface area (Å²) in [5, 5.41) is 3.29. The molecule has 1 aromatic rings. The van der Waals surface area contributed by atoms with Crippen LogP contribution in [0.4, 0.5) is 0 Å². The van der Waals surface area contributed by atoms with E-state index < -0.39 is 0 Å². The van der Waals surface area contributed by atoms with Gasteiger partial charge in [0.1, 0.15) is 0 Å². The third-order valence-electron chi connectivity index (χ3n) is 5.58. The zero-order chi connectivity index (χ0) is 16.5. The highest BCUT2D eigenvalue weighted by molar-refractivity contribution is 5.83. The summed E-state index contributed by atoms with van der Waals surface area (Å²) in [6.07, 6.45) is 6.28. The molecule has 0 unspecified atom stereocenters. The Kier molecular flexibility index (Phi) is 4.30. The Labute approximate surface area is 143 Å². The molecule has 3 aliphatic rings. The molecule has 4 heteroatoms. The lowest BCUT2D eigenvalue weighted by Gasteiger charge is -2.33. The molecule has 0 spiro atoms. The average Bonchev–Trinajstić information content (AvgIpc) is 3.51. The first-order valence-corrected chi connectivity index (χ1v) is 9.36. The maximum Gasteiger partial charge on any atom is 0.225 e. The lowest BCUT2D eigenvalue weighted by atomic mass is 9.95. The van der Waals surface area contributed by atoms with Crippen molar-refractivity contribution in [1.29, 1.82) is 0 Å². The zero-order valence-electron chi connectivity index (χ0n) is 14.1. The van der Waals surface area contributed by atoms with Crippen LogP contribution in [0.3, 0.4) is 0 Å². The Bertz CT molecular complexity index is 607. The Balaban J connectivity index is 1.40. The summed E-state index contributed by atoms with van der Waals surface area (Å²) in [5.74, 6) is 1.17. The molecule has 2 atom stereocenters. The largest absolute Gasteiger partial charge is 0.349 e. The number of likely N-dealkylation sites (tertiary alicyclic amines) is 1. The van der Waals surface area contributed by atoms with E-state index in [0.29, 0.717) is 12.5 Å². The fraction of sp³-hybridized carbons (Fsp3) is 0.600. The number of carbonyl (C=O) groups excluding carboxylic acids is 2. The second kappa shape index (κ2) is 6.58. The number of amides is 2. The van der Waals surface area contributed by atoms with E-state index in [0.717, 1.165) is 32.2 Å². The van der Waals surface area contributed by atoms with Gasteiger partial charge in [0.2, 0.25) is 11.8 Å². The number of hydrogen-bond acceptors (Lipinski definition) is 2. The zero-order valence-corrected chi connectivity index (χ0v) is 14.1. The van der Waals surface area contributed by atoms with Gasteiger partial charge in [0.05, 0.1) is 12.0 Å². The minimum atomic E-state index is -0.0496. The van der Waals surface area contributed by atoms with Crippen LogP contribution in [-0.4, -0.2) is 29.8 Å². The Morgan fingerprint density at radius 1 is 1.00 bits per heavy atom. The van der Waals surface area contributed by atoms with Gasteiger partial charge < -0.3 is 10.2 Å². The van der Waals surface area contributed by atoms with Crippen molar-refractivity contribution in [3.05, 3.63) is 35.9 Å². The molecule has 0 radical (unpaired) electrons. The molecule has 1 saturated heterocycles. The molecule has 1 heterocycles. The van der Waals surface area contributed by atoms with Crippen LogP contribution < -0.4 is 5.32 Å². The van der Waals surface area contributed by atoms with E-state index in [-0.39, 0.29) is 29.7 Å². The van der Waals surface area contributed by atoms with Crippen LogP contribution >= 0.6 is 0 Å². The molecule has 2 aliphatic carbocycles. The number of benzene rings is 1. The monoisotopic (exact) mass is 326 g/mol. The van der Waals surface area contributed by atoms with Gasteiger partial charge in [-0.3, -0.25) is 9.59 Å². The van der Waals surface area contributed by atoms with Crippen molar-refractivity contribution in [1.82, 2.24) is 10.2 Å². The number of nitrogens with one attached hydrogen (secondary N) is 1. The van der Waals surface area contributed by atoms with Gasteiger partial charge in [-0.2, -0.15) is 0 Å². The minimum absolute atomic E-state index is 0.0496. The fourth-order valence-corrected chi connectivity index (χ4v) is 3.81. The van der Waals surface area contributed by atoms with Crippen LogP contribution in [0.25, 0.3) is 0 Å². The van der Waals surface area contributed by atoms with Crippen LogP contribution in [0.5, 0.6) is 0 Å². The molecule has 2 amide bonds. The van der Waals surface area contributed by atoms with Gasteiger partial charge in [-0.1, -0.05) is 30.3 Å². The van der Waals surface area contributed by atoms with E-state index in [1.54, 1.807) is 0 Å². The molecule has 24 heavy (non-hydrogen) atoms. The van der Waals surface area contributed by atoms with Crippen molar-refractivity contribution in [2.24, 2.45) is 17.8 Å². The van der Waals surface area contributed by atoms with Crippen molar-refractivity contribution in [3.8, 4) is 0 Å². The SMILES string of the molecule is O=C(N[C@H](c1ccccc1)C1CC1)[C@H]1CCCN(C(=O)C2CC2)C1. The number of hydrogen-bond donors (Lipinski definition) is 1. The van der Waals surface area contributed by atoms with Gasteiger partial charge in [-0.15, -0.1) is 0 Å². The molecular formula is C20H26N2O2. The molecule has 3 fully saturated rings. The average molecular weight is 326 g/mol. The molecule has 1 N–H and O–H groups in total. The first kappa shape index (κ1) is 15.7. The smallest absolute Gasteiger partial charge is 0.225 e. The summed E-state index contributed by atoms with van der Waals surface area (Å²) < 4.78 is 0. The van der Waals surface area contributed by atoms with E-state index in [9.17, 15) is 9.59 Å². The summed E-state index contributed by atoms with van der Waals surface area (Å²) >= 11 is 0. The van der Waals surface area contributed by atoms with Crippen LogP contribution in [-0.2, 0) is 9.59 Å². The number of carbonyl (C=O) groups is 2. The molecule has 128 valence electrons. The maximum atomic E-state index is 12.8. The van der Waals surface area contributed by atoms with Crippen LogP contribution in [0.15, 0.2) is 30.3 Å². The maximum absolute atomic E-state index is 12.8. The van der Waals surface area contributed by atoms with Gasteiger partial charge in [0, 0.05) is 19.0 Å². The highest BCUT2D eigenvalue weighted by Gasteiger charge is 2.38.